The number of nitrogens with one attached hydrogen (secondary N) is 1. The van der Waals surface area contributed by atoms with Crippen LogP contribution in [0.4, 0.5) is 18.9 Å². The number of rotatable bonds is 3. The van der Waals surface area contributed by atoms with Crippen LogP contribution in [0.5, 0.6) is 0 Å². The Morgan fingerprint density at radius 3 is 2.55 bits per heavy atom. The summed E-state index contributed by atoms with van der Waals surface area (Å²) < 4.78 is 37.7. The van der Waals surface area contributed by atoms with Crippen LogP contribution in [0.3, 0.4) is 0 Å². The number of halogens is 3. The average Bonchev–Trinajstić information content (AvgIpc) is 2.43. The van der Waals surface area contributed by atoms with Gasteiger partial charge in [0.05, 0.1) is 12.4 Å². The molecule has 2 aromatic rings. The summed E-state index contributed by atoms with van der Waals surface area (Å²) in [6.07, 6.45) is -0.928. The lowest BCUT2D eigenvalue weighted by Gasteiger charge is -2.06. The van der Waals surface area contributed by atoms with E-state index in [0.29, 0.717) is 11.3 Å². The van der Waals surface area contributed by atoms with E-state index in [0.717, 1.165) is 12.4 Å². The number of hydrogen-bond donors (Lipinski definition) is 1. The smallest absolute Gasteiger partial charge is 0.281 e. The van der Waals surface area contributed by atoms with Crippen molar-refractivity contribution < 1.29 is 18.0 Å². The number of carbonyl (C=O) groups excluding carboxylic acids is 1. The SMILES string of the molecule is Cc1cc(NC(=O)c2cnc(C(F)F)cn2)ccc1F. The van der Waals surface area contributed by atoms with Crippen LogP contribution in [-0.4, -0.2) is 15.9 Å². The Bertz CT molecular complexity index is 629. The van der Waals surface area contributed by atoms with Gasteiger partial charge in [-0.2, -0.15) is 0 Å². The van der Waals surface area contributed by atoms with E-state index < -0.39 is 18.0 Å². The molecular weight excluding hydrogens is 271 g/mol. The molecule has 0 aliphatic rings. The summed E-state index contributed by atoms with van der Waals surface area (Å²) in [6.45, 7) is 1.56. The summed E-state index contributed by atoms with van der Waals surface area (Å²) in [7, 11) is 0. The molecule has 0 aliphatic carbocycles. The number of alkyl halides is 2. The van der Waals surface area contributed by atoms with E-state index in [1.807, 2.05) is 0 Å². The predicted octanol–water partition coefficient (Wildman–Crippen LogP) is 3.11. The monoisotopic (exact) mass is 281 g/mol. The summed E-state index contributed by atoms with van der Waals surface area (Å²) in [5, 5.41) is 2.48. The van der Waals surface area contributed by atoms with E-state index >= 15 is 0 Å². The molecule has 20 heavy (non-hydrogen) atoms. The molecule has 0 spiro atoms. The molecule has 7 heteroatoms. The predicted molar refractivity (Wildman–Crippen MR) is 66.1 cm³/mol. The van der Waals surface area contributed by atoms with Gasteiger partial charge in [-0.25, -0.2) is 18.2 Å². The lowest BCUT2D eigenvalue weighted by molar-refractivity contribution is 0.102. The fraction of sp³-hybridized carbons (Fsp3) is 0.154. The minimum Gasteiger partial charge on any atom is -0.321 e. The van der Waals surface area contributed by atoms with Gasteiger partial charge in [-0.3, -0.25) is 9.78 Å². The Morgan fingerprint density at radius 1 is 1.25 bits per heavy atom. The Hall–Kier alpha value is -2.44. The highest BCUT2D eigenvalue weighted by Gasteiger charge is 2.13. The highest BCUT2D eigenvalue weighted by molar-refractivity contribution is 6.02. The molecule has 0 aliphatic heterocycles. The van der Waals surface area contributed by atoms with Crippen molar-refractivity contribution in [3.63, 3.8) is 0 Å². The first-order valence-corrected chi connectivity index (χ1v) is 5.65. The number of hydrogen-bond acceptors (Lipinski definition) is 3. The van der Waals surface area contributed by atoms with Gasteiger partial charge in [0.2, 0.25) is 0 Å². The molecule has 0 unspecified atom stereocenters. The Labute approximate surface area is 112 Å². The lowest BCUT2D eigenvalue weighted by Crippen LogP contribution is -2.14. The Balaban J connectivity index is 2.13. The third-order valence-electron chi connectivity index (χ3n) is 2.54. The molecule has 2 rings (SSSR count). The van der Waals surface area contributed by atoms with E-state index in [2.05, 4.69) is 15.3 Å². The molecule has 1 heterocycles. The van der Waals surface area contributed by atoms with Crippen LogP contribution in [-0.2, 0) is 0 Å². The van der Waals surface area contributed by atoms with Gasteiger partial charge in [-0.05, 0) is 30.7 Å². The number of amides is 1. The summed E-state index contributed by atoms with van der Waals surface area (Å²) in [4.78, 5) is 18.8. The summed E-state index contributed by atoms with van der Waals surface area (Å²) in [5.74, 6) is -0.992. The second-order valence-electron chi connectivity index (χ2n) is 4.05. The van der Waals surface area contributed by atoms with Gasteiger partial charge in [-0.15, -0.1) is 0 Å². The standard InChI is InChI=1S/C13H10F3N3O/c1-7-4-8(2-3-9(7)14)19-13(20)11-6-17-10(5-18-11)12(15)16/h2-6,12H,1H3,(H,19,20). The highest BCUT2D eigenvalue weighted by Crippen LogP contribution is 2.16. The number of nitrogens with zero attached hydrogens (tertiary/aromatic N) is 2. The first kappa shape index (κ1) is 14.0. The fourth-order valence-electron chi connectivity index (χ4n) is 1.49. The third kappa shape index (κ3) is 3.11. The van der Waals surface area contributed by atoms with Crippen LogP contribution < -0.4 is 5.32 Å². The molecular formula is C13H10F3N3O. The number of anilines is 1. The van der Waals surface area contributed by atoms with Gasteiger partial charge < -0.3 is 5.32 Å². The van der Waals surface area contributed by atoms with E-state index in [1.165, 1.54) is 18.2 Å². The van der Waals surface area contributed by atoms with Crippen LogP contribution in [0.15, 0.2) is 30.6 Å². The van der Waals surface area contributed by atoms with Crippen LogP contribution in [0, 0.1) is 12.7 Å². The molecule has 1 aromatic heterocycles. The zero-order valence-electron chi connectivity index (χ0n) is 10.4. The molecule has 0 fully saturated rings. The van der Waals surface area contributed by atoms with Crippen molar-refractivity contribution in [2.45, 2.75) is 13.3 Å². The maximum atomic E-state index is 13.1. The minimum atomic E-state index is -2.74. The Kier molecular flexibility index (Phi) is 3.97. The van der Waals surface area contributed by atoms with E-state index in [1.54, 1.807) is 6.92 Å². The molecule has 0 radical (unpaired) electrons. The lowest BCUT2D eigenvalue weighted by atomic mass is 10.2. The highest BCUT2D eigenvalue weighted by atomic mass is 19.3. The molecule has 104 valence electrons. The zero-order chi connectivity index (χ0) is 14.7. The molecule has 4 nitrogen and oxygen atoms in total. The number of carbonyl (C=O) groups is 1. The van der Waals surface area contributed by atoms with Gasteiger partial charge in [0.15, 0.2) is 0 Å². The first-order valence-electron chi connectivity index (χ1n) is 5.65. The van der Waals surface area contributed by atoms with Crippen molar-refractivity contribution in [1.29, 1.82) is 0 Å². The van der Waals surface area contributed by atoms with Crippen LogP contribution >= 0.6 is 0 Å². The van der Waals surface area contributed by atoms with E-state index in [4.69, 9.17) is 0 Å². The molecule has 1 amide bonds. The van der Waals surface area contributed by atoms with Crippen molar-refractivity contribution in [2.24, 2.45) is 0 Å². The number of benzene rings is 1. The van der Waals surface area contributed by atoms with Gasteiger partial charge >= 0.3 is 0 Å². The summed E-state index contributed by atoms with van der Waals surface area (Å²) in [6, 6.07) is 4.06. The largest absolute Gasteiger partial charge is 0.321 e. The fourth-order valence-corrected chi connectivity index (χ4v) is 1.49. The third-order valence-corrected chi connectivity index (χ3v) is 2.54. The zero-order valence-corrected chi connectivity index (χ0v) is 10.4. The topological polar surface area (TPSA) is 54.9 Å². The average molecular weight is 281 g/mol. The van der Waals surface area contributed by atoms with Gasteiger partial charge in [-0.1, -0.05) is 0 Å². The summed E-state index contributed by atoms with van der Waals surface area (Å²) >= 11 is 0. The van der Waals surface area contributed by atoms with Crippen LogP contribution in [0.25, 0.3) is 0 Å². The van der Waals surface area contributed by atoms with E-state index in [9.17, 15) is 18.0 Å². The van der Waals surface area contributed by atoms with Crippen molar-refractivity contribution in [3.05, 3.63) is 53.4 Å². The minimum absolute atomic E-state index is 0.101. The molecule has 0 saturated heterocycles. The second-order valence-corrected chi connectivity index (χ2v) is 4.05. The van der Waals surface area contributed by atoms with Gasteiger partial charge in [0, 0.05) is 5.69 Å². The van der Waals surface area contributed by atoms with Crippen molar-refractivity contribution in [1.82, 2.24) is 9.97 Å². The first-order chi connectivity index (χ1) is 9.47. The molecule has 0 bridgehead atoms. The van der Waals surface area contributed by atoms with Crippen molar-refractivity contribution in [2.75, 3.05) is 5.32 Å². The molecule has 1 N–H and O–H groups in total. The van der Waals surface area contributed by atoms with E-state index in [-0.39, 0.29) is 11.5 Å². The Morgan fingerprint density at radius 2 is 2.00 bits per heavy atom. The molecule has 0 saturated carbocycles. The van der Waals surface area contributed by atoms with Gasteiger partial charge in [0.25, 0.3) is 12.3 Å². The van der Waals surface area contributed by atoms with Crippen LogP contribution in [0.1, 0.15) is 28.2 Å². The van der Waals surface area contributed by atoms with Gasteiger partial charge in [0.1, 0.15) is 17.2 Å². The van der Waals surface area contributed by atoms with Crippen molar-refractivity contribution >= 4 is 11.6 Å². The summed E-state index contributed by atoms with van der Waals surface area (Å²) in [5.41, 5.74) is 0.158. The van der Waals surface area contributed by atoms with Crippen molar-refractivity contribution in [3.8, 4) is 0 Å². The normalized spacial score (nSPS) is 10.7. The quantitative estimate of drug-likeness (QED) is 0.940. The number of aryl methyl sites for hydroxylation is 1. The van der Waals surface area contributed by atoms with Crippen LogP contribution in [0.2, 0.25) is 0 Å². The molecule has 0 atom stereocenters. The maximum absolute atomic E-state index is 13.1. The maximum Gasteiger partial charge on any atom is 0.281 e. The number of aromatic nitrogens is 2. The second kappa shape index (κ2) is 5.68. The molecule has 1 aromatic carbocycles.